The van der Waals surface area contributed by atoms with Gasteiger partial charge in [0, 0.05) is 11.4 Å². The van der Waals surface area contributed by atoms with E-state index in [-0.39, 0.29) is 35.0 Å². The highest BCUT2D eigenvalue weighted by atomic mass is 35.5. The first-order valence-electron chi connectivity index (χ1n) is 12.2. The number of halogens is 2. The number of ether oxygens (including phenoxy) is 2. The molecule has 12 heteroatoms. The molecule has 212 valence electrons. The number of rotatable bonds is 8. The normalized spacial score (nSPS) is 13.9. The largest absolute Gasteiger partial charge is 0.497 e. The van der Waals surface area contributed by atoms with Crippen LogP contribution in [0.15, 0.2) is 75.9 Å². The van der Waals surface area contributed by atoms with Gasteiger partial charge in [0.25, 0.3) is 5.91 Å². The van der Waals surface area contributed by atoms with Crippen molar-refractivity contribution in [1.29, 1.82) is 0 Å². The van der Waals surface area contributed by atoms with Gasteiger partial charge in [-0.05, 0) is 61.0 Å². The number of nitrogens with zero attached hydrogens (tertiary/aromatic N) is 1. The lowest BCUT2D eigenvalue weighted by molar-refractivity contribution is -0.136. The molecular formula is C29H25Cl2N3O7. The Hall–Kier alpha value is -4.54. The molecule has 0 atom stereocenters. The molecule has 4 rings (SSSR count). The summed E-state index contributed by atoms with van der Waals surface area (Å²) in [5.74, 6) is -1.61. The smallest absolute Gasteiger partial charge is 0.340 e. The lowest BCUT2D eigenvalue weighted by Crippen LogP contribution is -2.34. The van der Waals surface area contributed by atoms with Crippen LogP contribution >= 0.6 is 23.2 Å². The van der Waals surface area contributed by atoms with Crippen LogP contribution in [0.25, 0.3) is 6.08 Å². The second-order valence-corrected chi connectivity index (χ2v) is 9.63. The van der Waals surface area contributed by atoms with Crippen molar-refractivity contribution in [3.63, 3.8) is 0 Å². The predicted octanol–water partition coefficient (Wildman–Crippen LogP) is 4.72. The molecule has 1 aromatic heterocycles. The molecule has 0 saturated heterocycles. The van der Waals surface area contributed by atoms with Gasteiger partial charge in [-0.3, -0.25) is 14.4 Å². The van der Waals surface area contributed by atoms with E-state index in [1.165, 1.54) is 36.3 Å². The molecule has 0 unspecified atom stereocenters. The zero-order chi connectivity index (χ0) is 29.7. The summed E-state index contributed by atoms with van der Waals surface area (Å²) in [6.45, 7) is 1.79. The van der Waals surface area contributed by atoms with Crippen LogP contribution in [0.4, 0.5) is 5.69 Å². The fraction of sp³-hybridized carbons (Fsp3) is 0.172. The van der Waals surface area contributed by atoms with E-state index in [4.69, 9.17) is 37.1 Å². The Labute approximate surface area is 245 Å². The number of allylic oxidation sites excluding steroid dienone is 1. The summed E-state index contributed by atoms with van der Waals surface area (Å²) in [6.07, 6.45) is 1.44. The third kappa shape index (κ3) is 6.79. The number of nitrogens with one attached hydrogen (secondary N) is 2. The van der Waals surface area contributed by atoms with Gasteiger partial charge in [-0.15, -0.1) is 0 Å². The van der Waals surface area contributed by atoms with E-state index in [9.17, 15) is 19.2 Å². The standard InChI is InChI=1S/C29H25Cl2N3O7/c1-16-25(29(38)40-3)22(28(37)34(16)15-17-4-7-19(39-2)8-5-17)13-20-9-10-21(41-20)14-32-26(35)27(36)33-18-6-11-23(30)24(31)12-18/h4-13H,14-15H2,1-3H3,(H,32,35)(H,33,36)/b22-13+. The van der Waals surface area contributed by atoms with Gasteiger partial charge in [0.2, 0.25) is 0 Å². The highest BCUT2D eigenvalue weighted by Crippen LogP contribution is 2.33. The monoisotopic (exact) mass is 597 g/mol. The average molecular weight is 598 g/mol. The topological polar surface area (TPSA) is 127 Å². The van der Waals surface area contributed by atoms with Crippen LogP contribution in [-0.2, 0) is 37.0 Å². The third-order valence-electron chi connectivity index (χ3n) is 6.18. The fourth-order valence-electron chi connectivity index (χ4n) is 4.05. The summed E-state index contributed by atoms with van der Waals surface area (Å²) in [7, 11) is 2.80. The molecule has 0 spiro atoms. The summed E-state index contributed by atoms with van der Waals surface area (Å²) in [4.78, 5) is 52.0. The van der Waals surface area contributed by atoms with Gasteiger partial charge in [0.05, 0.1) is 48.5 Å². The van der Waals surface area contributed by atoms with Crippen LogP contribution in [0, 0.1) is 0 Å². The number of carbonyl (C=O) groups is 4. The molecule has 1 aliphatic heterocycles. The third-order valence-corrected chi connectivity index (χ3v) is 6.92. The minimum Gasteiger partial charge on any atom is -0.497 e. The van der Waals surface area contributed by atoms with Crippen molar-refractivity contribution < 1.29 is 33.1 Å². The Morgan fingerprint density at radius 3 is 2.37 bits per heavy atom. The van der Waals surface area contributed by atoms with E-state index in [1.807, 2.05) is 12.1 Å². The van der Waals surface area contributed by atoms with Crippen LogP contribution < -0.4 is 15.4 Å². The summed E-state index contributed by atoms with van der Waals surface area (Å²) in [6, 6.07) is 14.8. The Kier molecular flexibility index (Phi) is 9.16. The quantitative estimate of drug-likeness (QED) is 0.218. The molecule has 3 amide bonds. The maximum Gasteiger partial charge on any atom is 0.340 e. The second kappa shape index (κ2) is 12.8. The van der Waals surface area contributed by atoms with Crippen LogP contribution in [-0.4, -0.2) is 42.8 Å². The maximum absolute atomic E-state index is 13.4. The van der Waals surface area contributed by atoms with Crippen molar-refractivity contribution >= 4 is 58.7 Å². The zero-order valence-electron chi connectivity index (χ0n) is 22.2. The van der Waals surface area contributed by atoms with Crippen LogP contribution in [0.2, 0.25) is 10.0 Å². The van der Waals surface area contributed by atoms with Crippen molar-refractivity contribution in [2.45, 2.75) is 20.0 Å². The molecule has 2 N–H and O–H groups in total. The van der Waals surface area contributed by atoms with E-state index in [2.05, 4.69) is 10.6 Å². The minimum absolute atomic E-state index is 0.104. The van der Waals surface area contributed by atoms with Gasteiger partial charge >= 0.3 is 17.8 Å². The molecule has 0 bridgehead atoms. The van der Waals surface area contributed by atoms with Gasteiger partial charge in [-0.2, -0.15) is 0 Å². The number of methoxy groups -OCH3 is 2. The fourth-order valence-corrected chi connectivity index (χ4v) is 4.35. The molecule has 0 fully saturated rings. The molecule has 10 nitrogen and oxygen atoms in total. The number of hydrogen-bond acceptors (Lipinski definition) is 7. The molecule has 0 aliphatic carbocycles. The van der Waals surface area contributed by atoms with Crippen molar-refractivity contribution in [2.24, 2.45) is 0 Å². The maximum atomic E-state index is 13.4. The number of furan rings is 1. The first-order valence-corrected chi connectivity index (χ1v) is 13.0. The first kappa shape index (κ1) is 29.4. The van der Waals surface area contributed by atoms with E-state index in [0.717, 1.165) is 5.56 Å². The summed E-state index contributed by atoms with van der Waals surface area (Å²) in [5, 5.41) is 5.42. The molecule has 0 radical (unpaired) electrons. The average Bonchev–Trinajstić information content (AvgIpc) is 3.51. The van der Waals surface area contributed by atoms with Crippen molar-refractivity contribution in [3.05, 3.63) is 98.6 Å². The van der Waals surface area contributed by atoms with E-state index >= 15 is 0 Å². The number of esters is 1. The molecule has 2 aromatic carbocycles. The van der Waals surface area contributed by atoms with Crippen LogP contribution in [0.1, 0.15) is 24.0 Å². The van der Waals surface area contributed by atoms with Gasteiger partial charge < -0.3 is 29.4 Å². The number of anilines is 1. The Balaban J connectivity index is 1.45. The molecule has 3 aromatic rings. The summed E-state index contributed by atoms with van der Waals surface area (Å²) >= 11 is 11.8. The number of hydrogen-bond donors (Lipinski definition) is 2. The number of amides is 3. The van der Waals surface area contributed by atoms with E-state index < -0.39 is 23.7 Å². The molecule has 41 heavy (non-hydrogen) atoms. The molecule has 2 heterocycles. The Morgan fingerprint density at radius 1 is 0.976 bits per heavy atom. The molecule has 1 aliphatic rings. The van der Waals surface area contributed by atoms with Gasteiger partial charge in [0.15, 0.2) is 0 Å². The summed E-state index contributed by atoms with van der Waals surface area (Å²) < 4.78 is 15.8. The predicted molar refractivity (Wildman–Crippen MR) is 152 cm³/mol. The minimum atomic E-state index is -0.908. The van der Waals surface area contributed by atoms with Crippen LogP contribution in [0.3, 0.4) is 0 Å². The highest BCUT2D eigenvalue weighted by molar-refractivity contribution is 6.43. The number of benzene rings is 2. The second-order valence-electron chi connectivity index (χ2n) is 8.82. The van der Waals surface area contributed by atoms with Gasteiger partial charge in [-0.25, -0.2) is 4.79 Å². The van der Waals surface area contributed by atoms with Crippen molar-refractivity contribution in [1.82, 2.24) is 10.2 Å². The van der Waals surface area contributed by atoms with Crippen molar-refractivity contribution in [3.8, 4) is 5.75 Å². The van der Waals surface area contributed by atoms with E-state index in [0.29, 0.717) is 27.9 Å². The summed E-state index contributed by atoms with van der Waals surface area (Å²) in [5.41, 5.74) is 1.81. The van der Waals surface area contributed by atoms with Gasteiger partial charge in [0.1, 0.15) is 17.3 Å². The van der Waals surface area contributed by atoms with Gasteiger partial charge in [-0.1, -0.05) is 35.3 Å². The molecular weight excluding hydrogens is 573 g/mol. The Morgan fingerprint density at radius 2 is 1.71 bits per heavy atom. The lowest BCUT2D eigenvalue weighted by Gasteiger charge is -2.18. The first-order chi connectivity index (χ1) is 19.6. The SMILES string of the molecule is COC(=O)C1=C(C)N(Cc2ccc(OC)cc2)C(=O)/C1=C/c1ccc(CNC(=O)C(=O)Nc2ccc(Cl)c(Cl)c2)o1. The lowest BCUT2D eigenvalue weighted by atomic mass is 10.1. The number of carbonyl (C=O) groups excluding carboxylic acids is 4. The highest BCUT2D eigenvalue weighted by Gasteiger charge is 2.37. The van der Waals surface area contributed by atoms with Crippen LogP contribution in [0.5, 0.6) is 5.75 Å². The molecule has 0 saturated carbocycles. The Bertz CT molecular complexity index is 1580. The zero-order valence-corrected chi connectivity index (χ0v) is 23.8. The van der Waals surface area contributed by atoms with E-state index in [1.54, 1.807) is 38.3 Å². The van der Waals surface area contributed by atoms with Crippen molar-refractivity contribution in [2.75, 3.05) is 19.5 Å².